The first kappa shape index (κ1) is 20.0. The van der Waals surface area contributed by atoms with Crippen molar-refractivity contribution in [3.8, 4) is 0 Å². The van der Waals surface area contributed by atoms with Gasteiger partial charge in [-0.15, -0.1) is 0 Å². The Bertz CT molecular complexity index is 823. The maximum absolute atomic E-state index is 13.0. The summed E-state index contributed by atoms with van der Waals surface area (Å²) in [5, 5.41) is 10.9. The Labute approximate surface area is 156 Å². The van der Waals surface area contributed by atoms with Gasteiger partial charge in [0.2, 0.25) is 0 Å². The lowest BCUT2D eigenvalue weighted by Crippen LogP contribution is -2.33. The molecule has 0 fully saturated rings. The Morgan fingerprint density at radius 3 is 2.67 bits per heavy atom. The Morgan fingerprint density at radius 1 is 1.30 bits per heavy atom. The summed E-state index contributed by atoms with van der Waals surface area (Å²) in [7, 11) is 0. The molecule has 0 aliphatic heterocycles. The molecule has 1 aromatic heterocycles. The molecule has 2 rings (SSSR count). The lowest BCUT2D eigenvalue weighted by atomic mass is 10.1. The molecule has 0 spiro atoms. The van der Waals surface area contributed by atoms with Crippen molar-refractivity contribution in [2.24, 2.45) is 0 Å². The minimum atomic E-state index is -0.505. The largest absolute Gasteiger partial charge is 0.466 e. The number of carbonyl (C=O) groups is 2. The highest BCUT2D eigenvalue weighted by Gasteiger charge is 2.21. The van der Waals surface area contributed by atoms with Crippen LogP contribution in [0, 0.1) is 17.0 Å². The Morgan fingerprint density at radius 2 is 2.07 bits per heavy atom. The molecule has 0 bridgehead atoms. The number of nitro benzene ring substituents is 1. The molecule has 0 saturated heterocycles. The van der Waals surface area contributed by atoms with Gasteiger partial charge in [0.25, 0.3) is 11.6 Å². The Balaban J connectivity index is 2.24. The molecule has 8 heteroatoms. The topological polar surface area (TPSA) is 103 Å². The number of amides is 1. The van der Waals surface area contributed by atoms with Crippen LogP contribution in [0.4, 0.5) is 5.69 Å². The minimum Gasteiger partial charge on any atom is -0.466 e. The maximum Gasteiger partial charge on any atom is 0.307 e. The van der Waals surface area contributed by atoms with Gasteiger partial charge in [-0.2, -0.15) is 0 Å². The van der Waals surface area contributed by atoms with Gasteiger partial charge >= 0.3 is 5.97 Å². The second kappa shape index (κ2) is 9.42. The van der Waals surface area contributed by atoms with Crippen molar-refractivity contribution in [3.05, 3.63) is 69.5 Å². The maximum atomic E-state index is 13.0. The van der Waals surface area contributed by atoms with E-state index in [2.05, 4.69) is 4.98 Å². The number of nitro groups is 1. The molecule has 0 N–H and O–H groups in total. The monoisotopic (exact) mass is 371 g/mol. The van der Waals surface area contributed by atoms with Gasteiger partial charge in [0.05, 0.1) is 18.0 Å². The number of pyridine rings is 1. The van der Waals surface area contributed by atoms with Crippen LogP contribution in [0.1, 0.15) is 34.8 Å². The van der Waals surface area contributed by atoms with Crippen LogP contribution in [0.3, 0.4) is 0 Å². The van der Waals surface area contributed by atoms with E-state index in [-0.39, 0.29) is 43.7 Å². The molecule has 1 amide bonds. The van der Waals surface area contributed by atoms with Crippen LogP contribution in [-0.2, 0) is 16.1 Å². The van der Waals surface area contributed by atoms with E-state index >= 15 is 0 Å². The minimum absolute atomic E-state index is 0.0614. The summed E-state index contributed by atoms with van der Waals surface area (Å²) in [5.41, 5.74) is 1.60. The fraction of sp³-hybridized carbons (Fsp3) is 0.316. The number of nitrogens with zero attached hydrogens (tertiary/aromatic N) is 3. The quantitative estimate of drug-likeness (QED) is 0.402. The summed E-state index contributed by atoms with van der Waals surface area (Å²) in [5.74, 6) is -0.697. The number of hydrogen-bond acceptors (Lipinski definition) is 6. The van der Waals surface area contributed by atoms with Crippen LogP contribution in [0.5, 0.6) is 0 Å². The fourth-order valence-electron chi connectivity index (χ4n) is 2.60. The van der Waals surface area contributed by atoms with Crippen LogP contribution in [0.25, 0.3) is 0 Å². The predicted molar refractivity (Wildman–Crippen MR) is 98.1 cm³/mol. The molecule has 142 valence electrons. The molecule has 1 aromatic carbocycles. The molecule has 1 heterocycles. The van der Waals surface area contributed by atoms with Crippen LogP contribution < -0.4 is 0 Å². The smallest absolute Gasteiger partial charge is 0.307 e. The summed E-state index contributed by atoms with van der Waals surface area (Å²) < 4.78 is 4.93. The van der Waals surface area contributed by atoms with Gasteiger partial charge in [0, 0.05) is 43.2 Å². The summed E-state index contributed by atoms with van der Waals surface area (Å²) in [4.78, 5) is 40.7. The van der Waals surface area contributed by atoms with Gasteiger partial charge in [-0.25, -0.2) is 0 Å². The van der Waals surface area contributed by atoms with E-state index in [1.165, 1.54) is 23.1 Å². The average molecular weight is 371 g/mol. The van der Waals surface area contributed by atoms with Crippen molar-refractivity contribution in [2.45, 2.75) is 26.8 Å². The van der Waals surface area contributed by atoms with Gasteiger partial charge in [-0.05, 0) is 37.1 Å². The van der Waals surface area contributed by atoms with Gasteiger partial charge in [-0.3, -0.25) is 24.7 Å². The summed E-state index contributed by atoms with van der Waals surface area (Å²) >= 11 is 0. The number of aromatic nitrogens is 1. The highest BCUT2D eigenvalue weighted by molar-refractivity contribution is 5.96. The van der Waals surface area contributed by atoms with Crippen molar-refractivity contribution in [3.63, 3.8) is 0 Å². The lowest BCUT2D eigenvalue weighted by Gasteiger charge is -2.23. The zero-order chi connectivity index (χ0) is 19.8. The number of hydrogen-bond donors (Lipinski definition) is 0. The third kappa shape index (κ3) is 5.60. The molecule has 0 aliphatic rings. The first-order chi connectivity index (χ1) is 12.9. The zero-order valence-electron chi connectivity index (χ0n) is 15.3. The zero-order valence-corrected chi connectivity index (χ0v) is 15.3. The number of aryl methyl sites for hydroxylation is 1. The second-order valence-electron chi connectivity index (χ2n) is 5.90. The van der Waals surface area contributed by atoms with E-state index in [0.717, 1.165) is 5.56 Å². The van der Waals surface area contributed by atoms with Crippen LogP contribution in [0.15, 0.2) is 42.7 Å². The van der Waals surface area contributed by atoms with E-state index < -0.39 is 4.92 Å². The van der Waals surface area contributed by atoms with Crippen molar-refractivity contribution < 1.29 is 19.2 Å². The van der Waals surface area contributed by atoms with E-state index in [0.29, 0.717) is 11.1 Å². The van der Waals surface area contributed by atoms with Gasteiger partial charge < -0.3 is 9.64 Å². The molecule has 0 aliphatic carbocycles. The first-order valence-electron chi connectivity index (χ1n) is 8.51. The summed E-state index contributed by atoms with van der Waals surface area (Å²) in [6, 6.07) is 7.70. The van der Waals surface area contributed by atoms with E-state index in [1.54, 1.807) is 32.3 Å². The standard InChI is InChI=1S/C19H21N3O5/c1-3-27-18(23)8-10-21(13-15-5-4-9-20-12-15)19(24)17-7-6-16(22(25)26)11-14(17)2/h4-7,9,11-12H,3,8,10,13H2,1-2H3. The van der Waals surface area contributed by atoms with Crippen molar-refractivity contribution in [1.29, 1.82) is 0 Å². The van der Waals surface area contributed by atoms with E-state index in [4.69, 9.17) is 4.74 Å². The second-order valence-corrected chi connectivity index (χ2v) is 5.90. The predicted octanol–water partition coefficient (Wildman–Crippen LogP) is 2.89. The molecular formula is C19H21N3O5. The molecule has 0 atom stereocenters. The third-order valence-corrected chi connectivity index (χ3v) is 3.93. The first-order valence-corrected chi connectivity index (χ1v) is 8.51. The average Bonchev–Trinajstić information content (AvgIpc) is 2.65. The van der Waals surface area contributed by atoms with Crippen molar-refractivity contribution >= 4 is 17.6 Å². The normalized spacial score (nSPS) is 10.3. The highest BCUT2D eigenvalue weighted by atomic mass is 16.6. The molecule has 27 heavy (non-hydrogen) atoms. The van der Waals surface area contributed by atoms with Crippen molar-refractivity contribution in [1.82, 2.24) is 9.88 Å². The number of benzene rings is 1. The Kier molecular flexibility index (Phi) is 6.99. The molecule has 0 saturated carbocycles. The van der Waals surface area contributed by atoms with Crippen molar-refractivity contribution in [2.75, 3.05) is 13.2 Å². The SMILES string of the molecule is CCOC(=O)CCN(Cc1cccnc1)C(=O)c1ccc([N+](=O)[O-])cc1C. The molecule has 2 aromatic rings. The molecule has 0 unspecified atom stereocenters. The summed E-state index contributed by atoms with van der Waals surface area (Å²) in [6.07, 6.45) is 3.34. The van der Waals surface area contributed by atoms with Gasteiger partial charge in [0.15, 0.2) is 0 Å². The highest BCUT2D eigenvalue weighted by Crippen LogP contribution is 2.20. The summed E-state index contributed by atoms with van der Waals surface area (Å²) in [6.45, 7) is 4.08. The number of carbonyl (C=O) groups excluding carboxylic acids is 2. The van der Waals surface area contributed by atoms with E-state index in [9.17, 15) is 19.7 Å². The van der Waals surface area contributed by atoms with Crippen LogP contribution in [0.2, 0.25) is 0 Å². The Hall–Kier alpha value is -3.29. The van der Waals surface area contributed by atoms with Crippen LogP contribution >= 0.6 is 0 Å². The number of non-ortho nitro benzene ring substituents is 1. The fourth-order valence-corrected chi connectivity index (χ4v) is 2.60. The van der Waals surface area contributed by atoms with Gasteiger partial charge in [0.1, 0.15) is 0 Å². The number of esters is 1. The molecule has 0 radical (unpaired) electrons. The molecular weight excluding hydrogens is 350 g/mol. The van der Waals surface area contributed by atoms with Crippen LogP contribution in [-0.4, -0.2) is 39.8 Å². The molecule has 8 nitrogen and oxygen atoms in total. The number of rotatable bonds is 8. The van der Waals surface area contributed by atoms with E-state index in [1.807, 2.05) is 6.07 Å². The number of ether oxygens (including phenoxy) is 1. The van der Waals surface area contributed by atoms with Gasteiger partial charge in [-0.1, -0.05) is 6.07 Å². The third-order valence-electron chi connectivity index (χ3n) is 3.93. The lowest BCUT2D eigenvalue weighted by molar-refractivity contribution is -0.384.